The molecule has 0 saturated heterocycles. The highest BCUT2D eigenvalue weighted by molar-refractivity contribution is 7.14. The van der Waals surface area contributed by atoms with Crippen molar-refractivity contribution in [3.8, 4) is 5.75 Å². The third kappa shape index (κ3) is 4.60. The largest absolute Gasteiger partial charge is 0.484 e. The summed E-state index contributed by atoms with van der Waals surface area (Å²) in [5.74, 6) is 0.610. The lowest BCUT2D eigenvalue weighted by Crippen LogP contribution is -2.43. The minimum atomic E-state index is -0.398. The minimum Gasteiger partial charge on any atom is -0.484 e. The third-order valence-electron chi connectivity index (χ3n) is 4.23. The van der Waals surface area contributed by atoms with Gasteiger partial charge in [-0.3, -0.25) is 20.4 Å². The van der Waals surface area contributed by atoms with Crippen LogP contribution in [-0.4, -0.2) is 18.4 Å². The van der Waals surface area contributed by atoms with Crippen LogP contribution >= 0.6 is 11.3 Å². The summed E-state index contributed by atoms with van der Waals surface area (Å²) in [5.41, 5.74) is 7.18. The maximum absolute atomic E-state index is 12.2. The number of nitrogens with one attached hydrogen (secondary N) is 2. The number of fused-ring (bicyclic) bond motifs is 1. The van der Waals surface area contributed by atoms with E-state index in [4.69, 9.17) is 4.74 Å². The second kappa shape index (κ2) is 7.70. The SMILES string of the molecule is Cc1cccc(OCC(=O)NNC(=O)c2cc3c(s2)CC[C@@H](C)C3)c1. The first-order valence-corrected chi connectivity index (χ1v) is 9.23. The van der Waals surface area contributed by atoms with E-state index < -0.39 is 5.91 Å². The van der Waals surface area contributed by atoms with Crippen LogP contribution in [0, 0.1) is 12.8 Å². The van der Waals surface area contributed by atoms with E-state index in [1.54, 1.807) is 6.07 Å². The molecule has 6 heteroatoms. The molecule has 1 aromatic carbocycles. The van der Waals surface area contributed by atoms with Gasteiger partial charge in [0.1, 0.15) is 5.75 Å². The normalized spacial score (nSPS) is 16.0. The van der Waals surface area contributed by atoms with Crippen molar-refractivity contribution < 1.29 is 14.3 Å². The Bertz CT molecular complexity index is 785. The molecule has 0 saturated carbocycles. The Morgan fingerprint density at radius 3 is 2.92 bits per heavy atom. The van der Waals surface area contributed by atoms with Crippen LogP contribution in [0.1, 0.15) is 39.0 Å². The Morgan fingerprint density at radius 1 is 1.28 bits per heavy atom. The molecule has 2 aromatic rings. The first-order valence-electron chi connectivity index (χ1n) is 8.41. The Kier molecular flexibility index (Phi) is 5.38. The van der Waals surface area contributed by atoms with E-state index in [-0.39, 0.29) is 12.5 Å². The van der Waals surface area contributed by atoms with Crippen LogP contribution in [0.2, 0.25) is 0 Å². The van der Waals surface area contributed by atoms with E-state index in [9.17, 15) is 9.59 Å². The highest BCUT2D eigenvalue weighted by Gasteiger charge is 2.20. The predicted molar refractivity (Wildman–Crippen MR) is 97.8 cm³/mol. The smallest absolute Gasteiger partial charge is 0.279 e. The fourth-order valence-electron chi connectivity index (χ4n) is 2.90. The second-order valence-corrected chi connectivity index (χ2v) is 7.65. The summed E-state index contributed by atoms with van der Waals surface area (Å²) in [4.78, 5) is 26.0. The fourth-order valence-corrected chi connectivity index (χ4v) is 4.00. The second-order valence-electron chi connectivity index (χ2n) is 6.51. The lowest BCUT2D eigenvalue weighted by molar-refractivity contribution is -0.123. The predicted octanol–water partition coefficient (Wildman–Crippen LogP) is 3.02. The summed E-state index contributed by atoms with van der Waals surface area (Å²) in [6.45, 7) is 4.03. The van der Waals surface area contributed by atoms with E-state index in [2.05, 4.69) is 17.8 Å². The number of rotatable bonds is 4. The molecular formula is C19H22N2O3S. The van der Waals surface area contributed by atoms with Gasteiger partial charge in [0, 0.05) is 4.88 Å². The van der Waals surface area contributed by atoms with Crippen molar-refractivity contribution >= 4 is 23.2 Å². The molecule has 0 spiro atoms. The van der Waals surface area contributed by atoms with Gasteiger partial charge in [0.2, 0.25) is 0 Å². The van der Waals surface area contributed by atoms with Gasteiger partial charge in [0.05, 0.1) is 4.88 Å². The first-order chi connectivity index (χ1) is 12.0. The molecule has 132 valence electrons. The number of thiophene rings is 1. The summed E-state index contributed by atoms with van der Waals surface area (Å²) in [5, 5.41) is 0. The minimum absolute atomic E-state index is 0.151. The molecule has 1 atom stereocenters. The lowest BCUT2D eigenvalue weighted by Gasteiger charge is -2.16. The summed E-state index contributed by atoms with van der Waals surface area (Å²) in [6.07, 6.45) is 3.22. The van der Waals surface area contributed by atoms with Crippen molar-refractivity contribution in [3.63, 3.8) is 0 Å². The Morgan fingerprint density at radius 2 is 2.12 bits per heavy atom. The molecule has 0 aliphatic heterocycles. The number of aryl methyl sites for hydroxylation is 2. The van der Waals surface area contributed by atoms with Crippen molar-refractivity contribution in [2.45, 2.75) is 33.1 Å². The molecule has 25 heavy (non-hydrogen) atoms. The highest BCUT2D eigenvalue weighted by Crippen LogP contribution is 2.32. The van der Waals surface area contributed by atoms with Crippen LogP contribution < -0.4 is 15.6 Å². The molecule has 5 nitrogen and oxygen atoms in total. The van der Waals surface area contributed by atoms with Crippen LogP contribution in [-0.2, 0) is 17.6 Å². The molecule has 1 aliphatic rings. The summed E-state index contributed by atoms with van der Waals surface area (Å²) in [6, 6.07) is 9.40. The van der Waals surface area contributed by atoms with Crippen molar-refractivity contribution in [3.05, 3.63) is 51.2 Å². The number of carbonyl (C=O) groups is 2. The molecule has 3 rings (SSSR count). The van der Waals surface area contributed by atoms with Crippen LogP contribution in [0.4, 0.5) is 0 Å². The number of ether oxygens (including phenoxy) is 1. The molecule has 1 aromatic heterocycles. The average Bonchev–Trinajstić information content (AvgIpc) is 3.01. The molecular weight excluding hydrogens is 336 g/mol. The van der Waals surface area contributed by atoms with E-state index in [1.807, 2.05) is 31.2 Å². The summed E-state index contributed by atoms with van der Waals surface area (Å²) in [7, 11) is 0. The van der Waals surface area contributed by atoms with Crippen LogP contribution in [0.25, 0.3) is 0 Å². The monoisotopic (exact) mass is 358 g/mol. The number of hydrogen-bond donors (Lipinski definition) is 2. The topological polar surface area (TPSA) is 67.4 Å². The number of carbonyl (C=O) groups excluding carboxylic acids is 2. The van der Waals surface area contributed by atoms with Gasteiger partial charge < -0.3 is 4.74 Å². The number of hydrogen-bond acceptors (Lipinski definition) is 4. The van der Waals surface area contributed by atoms with Crippen LogP contribution in [0.5, 0.6) is 5.75 Å². The Hall–Kier alpha value is -2.34. The van der Waals surface area contributed by atoms with Crippen molar-refractivity contribution in [2.24, 2.45) is 5.92 Å². The van der Waals surface area contributed by atoms with Gasteiger partial charge >= 0.3 is 0 Å². The van der Waals surface area contributed by atoms with Crippen molar-refractivity contribution in [2.75, 3.05) is 6.61 Å². The maximum Gasteiger partial charge on any atom is 0.279 e. The van der Waals surface area contributed by atoms with Crippen molar-refractivity contribution in [1.82, 2.24) is 10.9 Å². The zero-order valence-electron chi connectivity index (χ0n) is 14.4. The van der Waals surface area contributed by atoms with E-state index in [0.717, 1.165) is 18.4 Å². The Labute approximate surface area is 151 Å². The molecule has 2 N–H and O–H groups in total. The third-order valence-corrected chi connectivity index (χ3v) is 5.46. The van der Waals surface area contributed by atoms with Gasteiger partial charge in [-0.25, -0.2) is 0 Å². The molecule has 0 bridgehead atoms. The van der Waals surface area contributed by atoms with Gasteiger partial charge in [-0.15, -0.1) is 11.3 Å². The number of benzene rings is 1. The van der Waals surface area contributed by atoms with Gasteiger partial charge in [-0.2, -0.15) is 0 Å². The molecule has 2 amide bonds. The average molecular weight is 358 g/mol. The van der Waals surface area contributed by atoms with Gasteiger partial charge in [-0.05, 0) is 61.4 Å². The fraction of sp³-hybridized carbons (Fsp3) is 0.368. The van der Waals surface area contributed by atoms with E-state index in [0.29, 0.717) is 16.5 Å². The Balaban J connectivity index is 1.48. The molecule has 1 heterocycles. The first kappa shape index (κ1) is 17.5. The molecule has 0 radical (unpaired) electrons. The van der Waals surface area contributed by atoms with Gasteiger partial charge in [-0.1, -0.05) is 19.1 Å². The molecule has 0 fully saturated rings. The maximum atomic E-state index is 12.2. The van der Waals surface area contributed by atoms with Crippen molar-refractivity contribution in [1.29, 1.82) is 0 Å². The van der Waals surface area contributed by atoms with Gasteiger partial charge in [0.15, 0.2) is 6.61 Å². The molecule has 0 unspecified atom stereocenters. The lowest BCUT2D eigenvalue weighted by atomic mass is 9.90. The van der Waals surface area contributed by atoms with Crippen LogP contribution in [0.15, 0.2) is 30.3 Å². The molecule has 1 aliphatic carbocycles. The number of hydrazine groups is 1. The highest BCUT2D eigenvalue weighted by atomic mass is 32.1. The van der Waals surface area contributed by atoms with E-state index in [1.165, 1.54) is 28.2 Å². The standard InChI is InChI=1S/C19H22N2O3S/c1-12-4-3-5-15(9-12)24-11-18(22)20-21-19(23)17-10-14-8-13(2)6-7-16(14)25-17/h3-5,9-10,13H,6-8,11H2,1-2H3,(H,20,22)(H,21,23)/t13-/m1/s1. The van der Waals surface area contributed by atoms with Crippen LogP contribution in [0.3, 0.4) is 0 Å². The quantitative estimate of drug-likeness (QED) is 0.826. The van der Waals surface area contributed by atoms with E-state index >= 15 is 0 Å². The summed E-state index contributed by atoms with van der Waals surface area (Å²) >= 11 is 1.51. The van der Waals surface area contributed by atoms with Gasteiger partial charge in [0.25, 0.3) is 11.8 Å². The summed E-state index contributed by atoms with van der Waals surface area (Å²) < 4.78 is 5.40. The number of amides is 2. The zero-order valence-corrected chi connectivity index (χ0v) is 15.2. The zero-order chi connectivity index (χ0) is 17.8.